The maximum atomic E-state index is 13.3. The van der Waals surface area contributed by atoms with Crippen LogP contribution in [0.1, 0.15) is 43.2 Å². The molecule has 1 N–H and O–H groups in total. The fraction of sp³-hybridized carbons (Fsp3) is 0.529. The first-order valence-corrected chi connectivity index (χ1v) is 7.40. The quantitative estimate of drug-likeness (QED) is 0.839. The van der Waals surface area contributed by atoms with Crippen molar-refractivity contribution in [1.82, 2.24) is 4.90 Å². The summed E-state index contributed by atoms with van der Waals surface area (Å²) < 4.78 is 13.3. The van der Waals surface area contributed by atoms with E-state index in [9.17, 15) is 4.39 Å². The highest BCUT2D eigenvalue weighted by Gasteiger charge is 2.11. The summed E-state index contributed by atoms with van der Waals surface area (Å²) in [6.45, 7) is 2.82. The molecule has 1 fully saturated rings. The van der Waals surface area contributed by atoms with Gasteiger partial charge in [-0.15, -0.1) is 0 Å². The zero-order valence-electron chi connectivity index (χ0n) is 11.9. The van der Waals surface area contributed by atoms with Crippen molar-refractivity contribution in [2.24, 2.45) is 0 Å². The lowest BCUT2D eigenvalue weighted by atomic mass is 10.0. The Morgan fingerprint density at radius 3 is 2.50 bits per heavy atom. The third-order valence-corrected chi connectivity index (χ3v) is 3.72. The first kappa shape index (κ1) is 15.0. The maximum absolute atomic E-state index is 13.3. The molecule has 0 bridgehead atoms. The highest BCUT2D eigenvalue weighted by molar-refractivity contribution is 5.41. The highest BCUT2D eigenvalue weighted by Crippen LogP contribution is 2.16. The third kappa shape index (κ3) is 4.63. The van der Waals surface area contributed by atoms with Crippen LogP contribution in [0.4, 0.5) is 4.39 Å². The average Bonchev–Trinajstić information content (AvgIpc) is 2.41. The van der Waals surface area contributed by atoms with Crippen molar-refractivity contribution >= 4 is 0 Å². The number of halogens is 1. The van der Waals surface area contributed by atoms with Gasteiger partial charge >= 0.3 is 0 Å². The van der Waals surface area contributed by atoms with Gasteiger partial charge in [0.15, 0.2) is 0 Å². The first-order chi connectivity index (χ1) is 9.79. The predicted octanol–water partition coefficient (Wildman–Crippen LogP) is 2.94. The molecule has 0 aromatic heterocycles. The SMILES string of the molecule is OCC#Cc1cc(F)ccc1CN1CCCCCCC1. The van der Waals surface area contributed by atoms with Gasteiger partial charge in [-0.3, -0.25) is 4.90 Å². The van der Waals surface area contributed by atoms with Gasteiger partial charge in [-0.25, -0.2) is 4.39 Å². The Bertz CT molecular complexity index is 481. The van der Waals surface area contributed by atoms with Gasteiger partial charge < -0.3 is 5.11 Å². The standard InChI is InChI=1S/C17H22FNO/c18-17-9-8-16(15(13-17)7-6-12-20)14-19-10-4-2-1-3-5-11-19/h8-9,13,20H,1-5,10-12,14H2. The van der Waals surface area contributed by atoms with Crippen LogP contribution >= 0.6 is 0 Å². The Morgan fingerprint density at radius 1 is 1.10 bits per heavy atom. The van der Waals surface area contributed by atoms with E-state index < -0.39 is 0 Å². The van der Waals surface area contributed by atoms with Crippen molar-refractivity contribution in [3.05, 3.63) is 35.1 Å². The molecule has 0 radical (unpaired) electrons. The number of nitrogens with zero attached hydrogens (tertiary/aromatic N) is 1. The summed E-state index contributed by atoms with van der Waals surface area (Å²) in [4.78, 5) is 2.43. The first-order valence-electron chi connectivity index (χ1n) is 7.40. The van der Waals surface area contributed by atoms with E-state index in [2.05, 4.69) is 16.7 Å². The van der Waals surface area contributed by atoms with Crippen LogP contribution in [0, 0.1) is 17.7 Å². The predicted molar refractivity (Wildman–Crippen MR) is 78.7 cm³/mol. The van der Waals surface area contributed by atoms with Crippen molar-refractivity contribution in [3.63, 3.8) is 0 Å². The molecule has 0 aliphatic carbocycles. The molecule has 20 heavy (non-hydrogen) atoms. The van der Waals surface area contributed by atoms with Gasteiger partial charge in [-0.2, -0.15) is 0 Å². The molecule has 1 aliphatic rings. The van der Waals surface area contributed by atoms with E-state index >= 15 is 0 Å². The molecule has 0 saturated carbocycles. The summed E-state index contributed by atoms with van der Waals surface area (Å²) >= 11 is 0. The van der Waals surface area contributed by atoms with Gasteiger partial charge in [0, 0.05) is 12.1 Å². The number of aliphatic hydroxyl groups excluding tert-OH is 1. The number of hydrogen-bond donors (Lipinski definition) is 1. The van der Waals surface area contributed by atoms with E-state index in [0.717, 1.165) is 25.2 Å². The molecular weight excluding hydrogens is 253 g/mol. The molecule has 0 amide bonds. The summed E-state index contributed by atoms with van der Waals surface area (Å²) in [5.74, 6) is 5.19. The normalized spacial score (nSPS) is 16.9. The molecule has 1 aromatic carbocycles. The Hall–Kier alpha value is -1.37. The second-order valence-corrected chi connectivity index (χ2v) is 5.31. The van der Waals surface area contributed by atoms with Crippen molar-refractivity contribution < 1.29 is 9.50 Å². The van der Waals surface area contributed by atoms with Gasteiger partial charge in [-0.1, -0.05) is 37.2 Å². The minimum absolute atomic E-state index is 0.195. The summed E-state index contributed by atoms with van der Waals surface area (Å²) in [6.07, 6.45) is 6.42. The van der Waals surface area contributed by atoms with Gasteiger partial charge in [0.25, 0.3) is 0 Å². The van der Waals surface area contributed by atoms with E-state index in [1.807, 2.05) is 6.07 Å². The third-order valence-electron chi connectivity index (χ3n) is 3.72. The zero-order chi connectivity index (χ0) is 14.2. The Kier molecular flexibility index (Phi) is 6.04. The van der Waals surface area contributed by atoms with Gasteiger partial charge in [0.1, 0.15) is 12.4 Å². The number of rotatable bonds is 2. The van der Waals surface area contributed by atoms with Crippen molar-refractivity contribution in [2.45, 2.75) is 38.6 Å². The molecule has 3 heteroatoms. The highest BCUT2D eigenvalue weighted by atomic mass is 19.1. The molecule has 0 spiro atoms. The second kappa shape index (κ2) is 8.04. The van der Waals surface area contributed by atoms with E-state index in [4.69, 9.17) is 5.11 Å². The summed E-state index contributed by atoms with van der Waals surface area (Å²) in [7, 11) is 0. The number of hydrogen-bond acceptors (Lipinski definition) is 2. The fourth-order valence-electron chi connectivity index (χ4n) is 2.65. The smallest absolute Gasteiger partial charge is 0.124 e. The van der Waals surface area contributed by atoms with Crippen LogP contribution in [0.15, 0.2) is 18.2 Å². The fourth-order valence-corrected chi connectivity index (χ4v) is 2.65. The molecule has 1 saturated heterocycles. The minimum atomic E-state index is -0.274. The van der Waals surface area contributed by atoms with Crippen LogP contribution in [0.25, 0.3) is 0 Å². The molecule has 2 nitrogen and oxygen atoms in total. The van der Waals surface area contributed by atoms with Gasteiger partial charge in [0.05, 0.1) is 0 Å². The van der Waals surface area contributed by atoms with E-state index in [1.54, 1.807) is 0 Å². The molecular formula is C17H22FNO. The molecule has 1 heterocycles. The molecule has 1 aliphatic heterocycles. The van der Waals surface area contributed by atoms with Crippen LogP contribution < -0.4 is 0 Å². The topological polar surface area (TPSA) is 23.5 Å². The van der Waals surface area contributed by atoms with Gasteiger partial charge in [0.2, 0.25) is 0 Å². The van der Waals surface area contributed by atoms with Gasteiger partial charge in [-0.05, 0) is 43.6 Å². The maximum Gasteiger partial charge on any atom is 0.124 e. The van der Waals surface area contributed by atoms with Crippen LogP contribution in [-0.2, 0) is 6.54 Å². The van der Waals surface area contributed by atoms with E-state index in [-0.39, 0.29) is 12.4 Å². The Morgan fingerprint density at radius 2 is 1.80 bits per heavy atom. The Balaban J connectivity index is 2.10. The monoisotopic (exact) mass is 275 g/mol. The van der Waals surface area contributed by atoms with E-state index in [0.29, 0.717) is 5.56 Å². The molecule has 2 rings (SSSR count). The lowest BCUT2D eigenvalue weighted by Crippen LogP contribution is -2.27. The number of likely N-dealkylation sites (tertiary alicyclic amines) is 1. The van der Waals surface area contributed by atoms with Crippen LogP contribution in [-0.4, -0.2) is 29.7 Å². The number of aliphatic hydroxyl groups is 1. The van der Waals surface area contributed by atoms with Crippen molar-refractivity contribution in [3.8, 4) is 11.8 Å². The molecule has 0 unspecified atom stereocenters. The van der Waals surface area contributed by atoms with Crippen LogP contribution in [0.3, 0.4) is 0 Å². The minimum Gasteiger partial charge on any atom is -0.384 e. The Labute approximate surface area is 120 Å². The van der Waals surface area contributed by atoms with Crippen molar-refractivity contribution in [1.29, 1.82) is 0 Å². The summed E-state index contributed by atoms with van der Waals surface area (Å²) in [5.41, 5.74) is 1.74. The second-order valence-electron chi connectivity index (χ2n) is 5.31. The van der Waals surface area contributed by atoms with Crippen LogP contribution in [0.2, 0.25) is 0 Å². The molecule has 0 atom stereocenters. The lowest BCUT2D eigenvalue weighted by Gasteiger charge is -2.25. The van der Waals surface area contributed by atoms with Crippen LogP contribution in [0.5, 0.6) is 0 Å². The number of benzene rings is 1. The largest absolute Gasteiger partial charge is 0.384 e. The van der Waals surface area contributed by atoms with Crippen molar-refractivity contribution in [2.75, 3.05) is 19.7 Å². The molecule has 1 aromatic rings. The molecule has 108 valence electrons. The lowest BCUT2D eigenvalue weighted by molar-refractivity contribution is 0.239. The van der Waals surface area contributed by atoms with E-state index in [1.165, 1.54) is 44.2 Å². The summed E-state index contributed by atoms with van der Waals surface area (Å²) in [5, 5.41) is 8.80. The summed E-state index contributed by atoms with van der Waals surface area (Å²) in [6, 6.07) is 4.76. The average molecular weight is 275 g/mol. The zero-order valence-corrected chi connectivity index (χ0v) is 11.9.